The normalized spacial score (nSPS) is 12.2. The van der Waals surface area contributed by atoms with Gasteiger partial charge in [-0.25, -0.2) is 4.98 Å². The first-order valence-electron chi connectivity index (χ1n) is 10.0. The largest absolute Gasteiger partial charge is 0.507 e. The Labute approximate surface area is 188 Å². The van der Waals surface area contributed by atoms with Gasteiger partial charge in [0, 0.05) is 5.69 Å². The van der Waals surface area contributed by atoms with E-state index in [1.165, 1.54) is 0 Å². The van der Waals surface area contributed by atoms with Crippen LogP contribution in [0, 0.1) is 6.92 Å². The molecule has 0 aliphatic heterocycles. The number of rotatable bonds is 4. The second-order valence-corrected chi connectivity index (χ2v) is 7.96. The van der Waals surface area contributed by atoms with Gasteiger partial charge in [0.1, 0.15) is 16.8 Å². The Kier molecular flexibility index (Phi) is 4.99. The van der Waals surface area contributed by atoms with E-state index in [1.54, 1.807) is 36.4 Å². The van der Waals surface area contributed by atoms with Gasteiger partial charge in [-0.1, -0.05) is 42.0 Å². The number of hydrogen-bond acceptors (Lipinski definition) is 6. The monoisotopic (exact) mass is 441 g/mol. The lowest BCUT2D eigenvalue weighted by Gasteiger charge is -2.15. The Morgan fingerprint density at radius 3 is 2.47 bits per heavy atom. The number of aromatic nitrogens is 5. The fraction of sp³-hybridized carbons (Fsp3) is 0.0833. The van der Waals surface area contributed by atoms with Gasteiger partial charge in [0.2, 0.25) is 0 Å². The third-order valence-electron chi connectivity index (χ3n) is 5.26. The van der Waals surface area contributed by atoms with Crippen molar-refractivity contribution < 1.29 is 5.11 Å². The highest BCUT2D eigenvalue weighted by Crippen LogP contribution is 2.34. The van der Waals surface area contributed by atoms with E-state index in [0.29, 0.717) is 33.9 Å². The Hall–Kier alpha value is -3.91. The smallest absolute Gasteiger partial charge is 0.258 e. The number of aromatic hydroxyl groups is 1. The van der Waals surface area contributed by atoms with E-state index in [9.17, 15) is 9.90 Å². The molecule has 2 heterocycles. The van der Waals surface area contributed by atoms with Crippen LogP contribution in [0.4, 0.5) is 0 Å². The summed E-state index contributed by atoms with van der Waals surface area (Å²) >= 11 is 4.76. The second-order valence-electron chi connectivity index (χ2n) is 7.44. The summed E-state index contributed by atoms with van der Waals surface area (Å²) in [5.41, 5.74) is 2.78. The van der Waals surface area contributed by atoms with Crippen LogP contribution < -0.4 is 5.56 Å². The summed E-state index contributed by atoms with van der Waals surface area (Å²) in [6, 6.07) is 21.9. The lowest BCUT2D eigenvalue weighted by Crippen LogP contribution is -2.15. The molecule has 0 saturated heterocycles. The molecular weight excluding hydrogens is 422 g/mol. The van der Waals surface area contributed by atoms with E-state index in [0.717, 1.165) is 11.3 Å². The third kappa shape index (κ3) is 3.44. The van der Waals surface area contributed by atoms with Crippen LogP contribution in [0.15, 0.2) is 77.6 Å². The van der Waals surface area contributed by atoms with Crippen molar-refractivity contribution in [2.24, 2.45) is 0 Å². The van der Waals surface area contributed by atoms with E-state index in [1.807, 2.05) is 47.9 Å². The van der Waals surface area contributed by atoms with Gasteiger partial charge in [-0.3, -0.25) is 9.36 Å². The molecule has 0 spiro atoms. The van der Waals surface area contributed by atoms with Crippen molar-refractivity contribution in [3.8, 4) is 22.8 Å². The van der Waals surface area contributed by atoms with Gasteiger partial charge in [-0.05, 0) is 43.3 Å². The maximum atomic E-state index is 12.6. The highest BCUT2D eigenvalue weighted by atomic mass is 32.1. The highest BCUT2D eigenvalue weighted by molar-refractivity contribution is 7.80. The molecule has 5 aromatic rings. The van der Waals surface area contributed by atoms with Gasteiger partial charge in [-0.15, -0.1) is 10.2 Å². The van der Waals surface area contributed by atoms with Crippen LogP contribution in [-0.2, 0) is 0 Å². The van der Waals surface area contributed by atoms with Crippen molar-refractivity contribution in [2.45, 2.75) is 12.2 Å². The molecule has 2 aromatic heterocycles. The average molecular weight is 442 g/mol. The Balaban J connectivity index is 1.71. The van der Waals surface area contributed by atoms with Crippen molar-refractivity contribution in [3.05, 3.63) is 100 Å². The molecule has 0 saturated carbocycles. The minimum absolute atomic E-state index is 0.0905. The number of nitrogens with one attached hydrogen (secondary N) is 1. The molecule has 0 aliphatic rings. The Morgan fingerprint density at radius 1 is 0.969 bits per heavy atom. The second kappa shape index (κ2) is 7.97. The number of fused-ring (bicyclic) bond motifs is 1. The van der Waals surface area contributed by atoms with Crippen molar-refractivity contribution in [1.29, 1.82) is 0 Å². The molecule has 158 valence electrons. The molecule has 2 N–H and O–H groups in total. The van der Waals surface area contributed by atoms with Crippen molar-refractivity contribution >= 4 is 23.5 Å². The molecule has 1 unspecified atom stereocenters. The zero-order valence-corrected chi connectivity index (χ0v) is 18.0. The first-order chi connectivity index (χ1) is 15.5. The first kappa shape index (κ1) is 20.0. The molecule has 7 nitrogen and oxygen atoms in total. The number of nitrogens with zero attached hydrogens (tertiary/aromatic N) is 4. The number of H-pyrrole nitrogens is 1. The number of aromatic amines is 1. The molecule has 0 bridgehead atoms. The van der Waals surface area contributed by atoms with Crippen molar-refractivity contribution in [1.82, 2.24) is 24.7 Å². The molecule has 32 heavy (non-hydrogen) atoms. The lowest BCUT2D eigenvalue weighted by molar-refractivity contribution is 0.476. The number of para-hydroxylation sites is 2. The summed E-state index contributed by atoms with van der Waals surface area (Å²) in [6.45, 7) is 2.01. The van der Waals surface area contributed by atoms with E-state index in [-0.39, 0.29) is 11.3 Å². The maximum absolute atomic E-state index is 12.6. The summed E-state index contributed by atoms with van der Waals surface area (Å²) < 4.78 is 1.82. The maximum Gasteiger partial charge on any atom is 0.258 e. The number of aryl methyl sites for hydroxylation is 1. The van der Waals surface area contributed by atoms with Gasteiger partial charge in [-0.2, -0.15) is 12.6 Å². The Bertz CT molecular complexity index is 1490. The number of benzene rings is 3. The fourth-order valence-corrected chi connectivity index (χ4v) is 3.90. The summed E-state index contributed by atoms with van der Waals surface area (Å²) in [5, 5.41) is 19.0. The number of phenols is 1. The predicted molar refractivity (Wildman–Crippen MR) is 126 cm³/mol. The van der Waals surface area contributed by atoms with Gasteiger partial charge in [0.25, 0.3) is 5.56 Å². The molecule has 0 aliphatic carbocycles. The van der Waals surface area contributed by atoms with Gasteiger partial charge < -0.3 is 10.1 Å². The van der Waals surface area contributed by atoms with Crippen LogP contribution in [0.5, 0.6) is 5.75 Å². The quantitative estimate of drug-likeness (QED) is 0.363. The van der Waals surface area contributed by atoms with Gasteiger partial charge in [0.05, 0.1) is 16.5 Å². The van der Waals surface area contributed by atoms with Crippen LogP contribution in [-0.4, -0.2) is 29.8 Å². The molecule has 0 amide bonds. The van der Waals surface area contributed by atoms with Gasteiger partial charge in [0.15, 0.2) is 11.6 Å². The summed E-state index contributed by atoms with van der Waals surface area (Å²) in [7, 11) is 0. The predicted octanol–water partition coefficient (Wildman–Crippen LogP) is 4.20. The molecule has 8 heteroatoms. The number of phenolic OH excluding ortho intramolecular Hbond substituents is 1. The zero-order valence-electron chi connectivity index (χ0n) is 17.1. The van der Waals surface area contributed by atoms with E-state index in [2.05, 4.69) is 20.2 Å². The number of thiol groups is 1. The van der Waals surface area contributed by atoms with Crippen LogP contribution >= 0.6 is 12.6 Å². The minimum atomic E-state index is -0.666. The van der Waals surface area contributed by atoms with Crippen LogP contribution in [0.25, 0.3) is 28.0 Å². The fourth-order valence-electron chi connectivity index (χ4n) is 3.62. The summed E-state index contributed by atoms with van der Waals surface area (Å²) in [5.74, 6) is 1.38. The average Bonchev–Trinajstić information content (AvgIpc) is 3.24. The lowest BCUT2D eigenvalue weighted by atomic mass is 10.1. The van der Waals surface area contributed by atoms with Crippen LogP contribution in [0.2, 0.25) is 0 Å². The molecule has 3 aromatic carbocycles. The molecule has 5 rings (SSSR count). The molecular formula is C24H19N5O2S. The molecule has 1 atom stereocenters. The summed E-state index contributed by atoms with van der Waals surface area (Å²) in [6.07, 6.45) is 0. The molecule has 0 fully saturated rings. The van der Waals surface area contributed by atoms with E-state index < -0.39 is 5.25 Å². The topological polar surface area (TPSA) is 96.7 Å². The van der Waals surface area contributed by atoms with Gasteiger partial charge >= 0.3 is 0 Å². The minimum Gasteiger partial charge on any atom is -0.507 e. The van der Waals surface area contributed by atoms with Crippen molar-refractivity contribution in [2.75, 3.05) is 0 Å². The molecule has 0 radical (unpaired) electrons. The van der Waals surface area contributed by atoms with E-state index >= 15 is 0 Å². The van der Waals surface area contributed by atoms with Crippen molar-refractivity contribution in [3.63, 3.8) is 0 Å². The zero-order chi connectivity index (χ0) is 22.2. The standard InChI is InChI=1S/C24H19N5O2S/c1-14-10-12-15(13-11-14)29-22(17-7-3-5-9-19(17)30)27-28-23(29)20(32)21-25-18-8-4-2-6-16(18)24(31)26-21/h2-13,20,30,32H,1H3,(H,25,26,31). The van der Waals surface area contributed by atoms with E-state index in [4.69, 9.17) is 12.6 Å². The first-order valence-corrected chi connectivity index (χ1v) is 10.5. The third-order valence-corrected chi connectivity index (χ3v) is 5.74. The van der Waals surface area contributed by atoms with Crippen LogP contribution in [0.3, 0.4) is 0 Å². The summed E-state index contributed by atoms with van der Waals surface area (Å²) in [4.78, 5) is 20.0. The number of hydrogen-bond donors (Lipinski definition) is 3. The van der Waals surface area contributed by atoms with Crippen LogP contribution in [0.1, 0.15) is 22.5 Å². The Morgan fingerprint density at radius 2 is 1.69 bits per heavy atom. The highest BCUT2D eigenvalue weighted by Gasteiger charge is 2.25. The SMILES string of the molecule is Cc1ccc(-n2c(-c3ccccc3O)nnc2C(S)c2nc3ccccc3c(=O)[nH]2)cc1.